The Labute approximate surface area is 143 Å². The summed E-state index contributed by atoms with van der Waals surface area (Å²) in [5, 5.41) is 7.17. The van der Waals surface area contributed by atoms with Gasteiger partial charge in [-0.3, -0.25) is 14.8 Å². The number of hydrogen-bond donors (Lipinski definition) is 1. The van der Waals surface area contributed by atoms with Crippen LogP contribution in [0.25, 0.3) is 0 Å². The quantitative estimate of drug-likeness (QED) is 0.777. The highest BCUT2D eigenvalue weighted by molar-refractivity contribution is 5.76. The number of likely N-dealkylation sites (N-methyl/N-ethyl adjacent to an activating group) is 1. The second-order valence-electron chi connectivity index (χ2n) is 7.02. The molecule has 2 rings (SSSR count). The second-order valence-corrected chi connectivity index (χ2v) is 7.02. The number of carbonyl (C=O) groups excluding carboxylic acids is 1. The minimum absolute atomic E-state index is 0.0457. The van der Waals surface area contributed by atoms with Crippen LogP contribution in [0.2, 0.25) is 0 Å². The van der Waals surface area contributed by atoms with Gasteiger partial charge in [0.15, 0.2) is 0 Å². The number of morpholine rings is 1. The molecule has 0 bridgehead atoms. The summed E-state index contributed by atoms with van der Waals surface area (Å²) in [7, 11) is 3.44. The number of aromatic nitrogens is 3. The molecule has 8 nitrogen and oxygen atoms in total. The Kier molecular flexibility index (Phi) is 6.31. The molecule has 2 heterocycles. The molecule has 0 radical (unpaired) electrons. The fraction of sp³-hybridized carbons (Fsp3) is 0.812. The monoisotopic (exact) mass is 339 g/mol. The van der Waals surface area contributed by atoms with Crippen LogP contribution in [0.5, 0.6) is 0 Å². The lowest BCUT2D eigenvalue weighted by Crippen LogP contribution is -2.53. The number of amides is 1. The molecule has 1 unspecified atom stereocenters. The van der Waals surface area contributed by atoms with Crippen molar-refractivity contribution in [1.82, 2.24) is 25.0 Å². The van der Waals surface area contributed by atoms with Gasteiger partial charge in [-0.15, -0.1) is 0 Å². The Morgan fingerprint density at radius 2 is 2.25 bits per heavy atom. The van der Waals surface area contributed by atoms with E-state index in [1.54, 1.807) is 14.1 Å². The Bertz CT molecular complexity index is 544. The van der Waals surface area contributed by atoms with Gasteiger partial charge in [-0.25, -0.2) is 4.98 Å². The number of H-pyrrole nitrogens is 1. The van der Waals surface area contributed by atoms with E-state index in [-0.39, 0.29) is 24.2 Å². The Morgan fingerprint density at radius 1 is 1.50 bits per heavy atom. The van der Waals surface area contributed by atoms with Crippen LogP contribution >= 0.6 is 0 Å². The molecule has 1 N–H and O–H groups in total. The Hall–Kier alpha value is -1.51. The third kappa shape index (κ3) is 5.54. The van der Waals surface area contributed by atoms with E-state index in [2.05, 4.69) is 33.9 Å². The predicted octanol–water partition coefficient (Wildman–Crippen LogP) is 0.451. The fourth-order valence-electron chi connectivity index (χ4n) is 2.81. The lowest BCUT2D eigenvalue weighted by atomic mass is 10.1. The van der Waals surface area contributed by atoms with Gasteiger partial charge < -0.3 is 14.4 Å². The number of aryl methyl sites for hydroxylation is 1. The maximum Gasteiger partial charge on any atom is 0.248 e. The van der Waals surface area contributed by atoms with E-state index in [4.69, 9.17) is 9.47 Å². The average Bonchev–Trinajstić information content (AvgIpc) is 2.93. The number of hydrogen-bond acceptors (Lipinski definition) is 6. The molecule has 0 saturated carbocycles. The molecule has 1 atom stereocenters. The summed E-state index contributed by atoms with van der Waals surface area (Å²) in [5.74, 6) is 1.65. The zero-order chi connectivity index (χ0) is 17.7. The van der Waals surface area contributed by atoms with Crippen molar-refractivity contribution in [2.24, 2.45) is 0 Å². The highest BCUT2D eigenvalue weighted by Gasteiger charge is 2.34. The fourth-order valence-corrected chi connectivity index (χ4v) is 2.81. The molecule has 1 amide bonds. The van der Waals surface area contributed by atoms with Gasteiger partial charge in [-0.1, -0.05) is 6.92 Å². The molecule has 0 aromatic carbocycles. The summed E-state index contributed by atoms with van der Waals surface area (Å²) in [6.45, 7) is 8.89. The Morgan fingerprint density at radius 3 is 2.88 bits per heavy atom. The number of aromatic amines is 1. The highest BCUT2D eigenvalue weighted by atomic mass is 16.5. The van der Waals surface area contributed by atoms with Gasteiger partial charge >= 0.3 is 0 Å². The molecule has 136 valence electrons. The minimum Gasteiger partial charge on any atom is -0.369 e. The summed E-state index contributed by atoms with van der Waals surface area (Å²) in [6, 6.07) is 0. The molecule has 8 heteroatoms. The van der Waals surface area contributed by atoms with Crippen LogP contribution in [0.15, 0.2) is 0 Å². The topological polar surface area (TPSA) is 83.6 Å². The summed E-state index contributed by atoms with van der Waals surface area (Å²) in [5.41, 5.74) is -0.272. The number of nitrogens with zero attached hydrogens (tertiary/aromatic N) is 4. The smallest absolute Gasteiger partial charge is 0.248 e. The maximum absolute atomic E-state index is 11.6. The molecule has 1 aromatic heterocycles. The molecule has 1 aromatic rings. The SMILES string of the molecule is CCc1n[nH]c(CN2CC(COCC(=O)N(C)C)OC(C)(C)C2)n1. The van der Waals surface area contributed by atoms with Crippen LogP contribution in [0.4, 0.5) is 0 Å². The minimum atomic E-state index is -0.272. The number of rotatable bonds is 7. The van der Waals surface area contributed by atoms with Crippen molar-refractivity contribution in [1.29, 1.82) is 0 Å². The van der Waals surface area contributed by atoms with Crippen LogP contribution in [0, 0.1) is 0 Å². The first kappa shape index (κ1) is 18.8. The van der Waals surface area contributed by atoms with E-state index < -0.39 is 0 Å². The van der Waals surface area contributed by atoms with Crippen molar-refractivity contribution in [2.45, 2.75) is 45.4 Å². The molecular weight excluding hydrogens is 310 g/mol. The predicted molar refractivity (Wildman–Crippen MR) is 89.5 cm³/mol. The van der Waals surface area contributed by atoms with Crippen LogP contribution < -0.4 is 0 Å². The van der Waals surface area contributed by atoms with Gasteiger partial charge in [-0.05, 0) is 13.8 Å². The van der Waals surface area contributed by atoms with Crippen molar-refractivity contribution in [3.63, 3.8) is 0 Å². The van der Waals surface area contributed by atoms with Crippen LogP contribution in [0.3, 0.4) is 0 Å². The van der Waals surface area contributed by atoms with Crippen molar-refractivity contribution in [2.75, 3.05) is 40.4 Å². The highest BCUT2D eigenvalue weighted by Crippen LogP contribution is 2.22. The first-order chi connectivity index (χ1) is 11.3. The molecule has 1 saturated heterocycles. The van der Waals surface area contributed by atoms with Crippen molar-refractivity contribution in [3.05, 3.63) is 11.6 Å². The summed E-state index contributed by atoms with van der Waals surface area (Å²) in [6.07, 6.45) is 0.749. The van der Waals surface area contributed by atoms with E-state index in [0.717, 1.165) is 31.2 Å². The van der Waals surface area contributed by atoms with E-state index in [9.17, 15) is 4.79 Å². The summed E-state index contributed by atoms with van der Waals surface area (Å²) in [4.78, 5) is 19.9. The van der Waals surface area contributed by atoms with Crippen LogP contribution in [-0.2, 0) is 27.2 Å². The normalized spacial score (nSPS) is 21.0. The number of carbonyl (C=O) groups is 1. The van der Waals surface area contributed by atoms with Crippen molar-refractivity contribution < 1.29 is 14.3 Å². The lowest BCUT2D eigenvalue weighted by molar-refractivity contribution is -0.161. The zero-order valence-corrected chi connectivity index (χ0v) is 15.3. The van der Waals surface area contributed by atoms with E-state index in [0.29, 0.717) is 13.2 Å². The van der Waals surface area contributed by atoms with Gasteiger partial charge in [0.25, 0.3) is 0 Å². The second kappa shape index (κ2) is 8.04. The van der Waals surface area contributed by atoms with Gasteiger partial charge in [0.1, 0.15) is 18.3 Å². The maximum atomic E-state index is 11.6. The summed E-state index contributed by atoms with van der Waals surface area (Å²) >= 11 is 0. The lowest BCUT2D eigenvalue weighted by Gasteiger charge is -2.42. The molecule has 0 spiro atoms. The van der Waals surface area contributed by atoms with Gasteiger partial charge in [-0.2, -0.15) is 5.10 Å². The van der Waals surface area contributed by atoms with Gasteiger partial charge in [0.05, 0.1) is 24.9 Å². The first-order valence-electron chi connectivity index (χ1n) is 8.37. The average molecular weight is 339 g/mol. The third-order valence-electron chi connectivity index (χ3n) is 3.85. The first-order valence-corrected chi connectivity index (χ1v) is 8.37. The van der Waals surface area contributed by atoms with Crippen LogP contribution in [0.1, 0.15) is 32.4 Å². The number of nitrogens with one attached hydrogen (secondary N) is 1. The standard InChI is InChI=1S/C16H29N5O3/c1-6-13-17-14(19-18-13)8-21-7-12(24-16(2,3)11-21)9-23-10-15(22)20(4)5/h12H,6-11H2,1-5H3,(H,17,18,19). The Balaban J connectivity index is 1.87. The van der Waals surface area contributed by atoms with Gasteiger partial charge in [0, 0.05) is 33.6 Å². The molecule has 1 fully saturated rings. The molecule has 1 aliphatic heterocycles. The molecule has 0 aliphatic carbocycles. The third-order valence-corrected chi connectivity index (χ3v) is 3.85. The van der Waals surface area contributed by atoms with E-state index in [1.807, 2.05) is 6.92 Å². The zero-order valence-electron chi connectivity index (χ0n) is 15.3. The number of ether oxygens (including phenoxy) is 2. The van der Waals surface area contributed by atoms with Crippen molar-refractivity contribution >= 4 is 5.91 Å². The van der Waals surface area contributed by atoms with Crippen LogP contribution in [-0.4, -0.2) is 83.0 Å². The largest absolute Gasteiger partial charge is 0.369 e. The molecule has 24 heavy (non-hydrogen) atoms. The summed E-state index contributed by atoms with van der Waals surface area (Å²) < 4.78 is 11.6. The molecule has 1 aliphatic rings. The molecular formula is C16H29N5O3. The van der Waals surface area contributed by atoms with Crippen molar-refractivity contribution in [3.8, 4) is 0 Å². The van der Waals surface area contributed by atoms with E-state index >= 15 is 0 Å². The van der Waals surface area contributed by atoms with Gasteiger partial charge in [0.2, 0.25) is 5.91 Å². The van der Waals surface area contributed by atoms with E-state index in [1.165, 1.54) is 4.90 Å².